The van der Waals surface area contributed by atoms with Crippen LogP contribution < -0.4 is 11.1 Å². The summed E-state index contributed by atoms with van der Waals surface area (Å²) in [6, 6.07) is 0. The molecule has 0 aromatic carbocycles. The van der Waals surface area contributed by atoms with Gasteiger partial charge in [-0.25, -0.2) is 4.99 Å². The highest BCUT2D eigenvalue weighted by molar-refractivity contribution is 6.07. The monoisotopic (exact) mass is 167 g/mol. The Labute approximate surface area is 71.2 Å². The van der Waals surface area contributed by atoms with Crippen molar-refractivity contribution in [1.82, 2.24) is 5.32 Å². The molecule has 0 aromatic rings. The zero-order chi connectivity index (χ0) is 8.77. The summed E-state index contributed by atoms with van der Waals surface area (Å²) in [7, 11) is 0. The lowest BCUT2D eigenvalue weighted by molar-refractivity contribution is -0.124. The molecule has 1 unspecified atom stereocenters. The number of guanidine groups is 1. The quantitative estimate of drug-likeness (QED) is 0.607. The number of nitrogens with two attached hydrogens (primary N) is 1. The third-order valence-electron chi connectivity index (χ3n) is 2.75. The Balaban J connectivity index is 2.31. The largest absolute Gasteiger partial charge is 0.370 e. The maximum atomic E-state index is 11.5. The van der Waals surface area contributed by atoms with Crippen molar-refractivity contribution in [3.8, 4) is 0 Å². The topological polar surface area (TPSA) is 67.5 Å². The fourth-order valence-electron chi connectivity index (χ4n) is 1.88. The van der Waals surface area contributed by atoms with Crippen LogP contribution in [0, 0.1) is 5.92 Å². The Hall–Kier alpha value is -1.06. The average molecular weight is 167 g/mol. The van der Waals surface area contributed by atoms with E-state index in [4.69, 9.17) is 5.73 Å². The summed E-state index contributed by atoms with van der Waals surface area (Å²) in [5.41, 5.74) is 4.95. The van der Waals surface area contributed by atoms with Crippen LogP contribution in [0.2, 0.25) is 0 Å². The van der Waals surface area contributed by atoms with Crippen molar-refractivity contribution in [3.63, 3.8) is 0 Å². The van der Waals surface area contributed by atoms with E-state index in [1.165, 1.54) is 0 Å². The van der Waals surface area contributed by atoms with Crippen LogP contribution >= 0.6 is 0 Å². The summed E-state index contributed by atoms with van der Waals surface area (Å²) >= 11 is 0. The molecule has 1 atom stereocenters. The van der Waals surface area contributed by atoms with Gasteiger partial charge in [-0.2, -0.15) is 0 Å². The molecular weight excluding hydrogens is 154 g/mol. The summed E-state index contributed by atoms with van der Waals surface area (Å²) in [5, 5.41) is 2.57. The van der Waals surface area contributed by atoms with Crippen molar-refractivity contribution in [2.75, 3.05) is 0 Å². The number of rotatable bonds is 2. The fourth-order valence-corrected chi connectivity index (χ4v) is 1.88. The van der Waals surface area contributed by atoms with E-state index in [1.807, 2.05) is 6.92 Å². The van der Waals surface area contributed by atoms with Crippen molar-refractivity contribution in [3.05, 3.63) is 0 Å². The smallest absolute Gasteiger partial charge is 0.254 e. The van der Waals surface area contributed by atoms with Crippen LogP contribution in [-0.2, 0) is 4.79 Å². The van der Waals surface area contributed by atoms with Crippen LogP contribution in [0.25, 0.3) is 0 Å². The Kier molecular flexibility index (Phi) is 1.40. The zero-order valence-electron chi connectivity index (χ0n) is 7.13. The standard InChI is InChI=1S/C8H13N3O/c1-2-8(5-3-4-5)6(12)10-7(9)11-8/h5H,2-4H2,1H3,(H3,9,10,11,12). The molecule has 4 nitrogen and oxygen atoms in total. The minimum absolute atomic E-state index is 0.00926. The highest BCUT2D eigenvalue weighted by Gasteiger charge is 2.52. The molecule has 1 aliphatic carbocycles. The van der Waals surface area contributed by atoms with Crippen LogP contribution in [0.15, 0.2) is 4.99 Å². The minimum atomic E-state index is -0.510. The van der Waals surface area contributed by atoms with Gasteiger partial charge in [-0.15, -0.1) is 0 Å². The molecule has 66 valence electrons. The first-order valence-electron chi connectivity index (χ1n) is 4.36. The maximum absolute atomic E-state index is 11.5. The molecule has 1 fully saturated rings. The first-order valence-corrected chi connectivity index (χ1v) is 4.36. The molecule has 3 N–H and O–H groups in total. The normalized spacial score (nSPS) is 34.8. The average Bonchev–Trinajstić information content (AvgIpc) is 2.79. The summed E-state index contributed by atoms with van der Waals surface area (Å²) in [6.45, 7) is 1.99. The van der Waals surface area contributed by atoms with Crippen LogP contribution in [0.5, 0.6) is 0 Å². The van der Waals surface area contributed by atoms with Crippen LogP contribution in [0.3, 0.4) is 0 Å². The van der Waals surface area contributed by atoms with Gasteiger partial charge in [-0.3, -0.25) is 10.1 Å². The third kappa shape index (κ3) is 0.838. The first-order chi connectivity index (χ1) is 5.69. The van der Waals surface area contributed by atoms with Gasteiger partial charge in [0, 0.05) is 0 Å². The Bertz CT molecular complexity index is 257. The van der Waals surface area contributed by atoms with Gasteiger partial charge in [0.2, 0.25) is 0 Å². The van der Waals surface area contributed by atoms with Gasteiger partial charge in [-0.05, 0) is 25.2 Å². The van der Waals surface area contributed by atoms with E-state index in [0.717, 1.165) is 19.3 Å². The Morgan fingerprint density at radius 2 is 2.42 bits per heavy atom. The van der Waals surface area contributed by atoms with Gasteiger partial charge in [0.15, 0.2) is 5.96 Å². The molecule has 0 bridgehead atoms. The SMILES string of the molecule is CCC1(C2CC2)N=C(N)NC1=O. The molecule has 0 saturated heterocycles. The number of nitrogens with one attached hydrogen (secondary N) is 1. The number of carbonyl (C=O) groups is 1. The lowest BCUT2D eigenvalue weighted by Gasteiger charge is -2.20. The first kappa shape index (κ1) is 7.58. The van der Waals surface area contributed by atoms with Gasteiger partial charge >= 0.3 is 0 Å². The number of amides is 1. The van der Waals surface area contributed by atoms with Gasteiger partial charge in [0.1, 0.15) is 5.54 Å². The van der Waals surface area contributed by atoms with Crippen LogP contribution in [-0.4, -0.2) is 17.4 Å². The number of nitrogens with zero attached hydrogens (tertiary/aromatic N) is 1. The number of hydrogen-bond donors (Lipinski definition) is 2. The van der Waals surface area contributed by atoms with Crippen molar-refractivity contribution in [2.45, 2.75) is 31.7 Å². The predicted octanol–water partition coefficient (Wildman–Crippen LogP) is -0.0103. The summed E-state index contributed by atoms with van der Waals surface area (Å²) in [5.74, 6) is 0.710. The van der Waals surface area contributed by atoms with Gasteiger partial charge in [0.05, 0.1) is 0 Å². The second-order valence-electron chi connectivity index (χ2n) is 3.50. The van der Waals surface area contributed by atoms with E-state index < -0.39 is 5.54 Å². The molecule has 1 heterocycles. The van der Waals surface area contributed by atoms with Crippen molar-refractivity contribution >= 4 is 11.9 Å². The second-order valence-corrected chi connectivity index (χ2v) is 3.50. The molecule has 12 heavy (non-hydrogen) atoms. The lowest BCUT2D eigenvalue weighted by Crippen LogP contribution is -2.41. The summed E-state index contributed by atoms with van der Waals surface area (Å²) in [6.07, 6.45) is 2.97. The van der Waals surface area contributed by atoms with Gasteiger partial charge in [0.25, 0.3) is 5.91 Å². The molecule has 1 amide bonds. The number of aliphatic imine (C=N–C) groups is 1. The highest BCUT2D eigenvalue weighted by atomic mass is 16.2. The number of carbonyl (C=O) groups excluding carboxylic acids is 1. The molecule has 4 heteroatoms. The maximum Gasteiger partial charge on any atom is 0.254 e. The lowest BCUT2D eigenvalue weighted by atomic mass is 9.91. The van der Waals surface area contributed by atoms with E-state index in [2.05, 4.69) is 10.3 Å². The highest BCUT2D eigenvalue weighted by Crippen LogP contribution is 2.45. The fraction of sp³-hybridized carbons (Fsp3) is 0.750. The van der Waals surface area contributed by atoms with E-state index in [-0.39, 0.29) is 11.9 Å². The number of hydrogen-bond acceptors (Lipinski definition) is 3. The van der Waals surface area contributed by atoms with Crippen LogP contribution in [0.4, 0.5) is 0 Å². The van der Waals surface area contributed by atoms with Crippen molar-refractivity contribution in [2.24, 2.45) is 16.6 Å². The zero-order valence-corrected chi connectivity index (χ0v) is 7.13. The molecule has 0 spiro atoms. The van der Waals surface area contributed by atoms with Crippen molar-refractivity contribution in [1.29, 1.82) is 0 Å². The van der Waals surface area contributed by atoms with E-state index in [0.29, 0.717) is 5.92 Å². The van der Waals surface area contributed by atoms with Gasteiger partial charge in [-0.1, -0.05) is 6.92 Å². The minimum Gasteiger partial charge on any atom is -0.370 e. The Morgan fingerprint density at radius 3 is 2.75 bits per heavy atom. The van der Waals surface area contributed by atoms with Crippen LogP contribution in [0.1, 0.15) is 26.2 Å². The molecule has 1 aliphatic heterocycles. The van der Waals surface area contributed by atoms with Crippen molar-refractivity contribution < 1.29 is 4.79 Å². The molecular formula is C8H13N3O. The molecule has 1 saturated carbocycles. The molecule has 2 rings (SSSR count). The molecule has 0 radical (unpaired) electrons. The summed E-state index contributed by atoms with van der Waals surface area (Å²) < 4.78 is 0. The predicted molar refractivity (Wildman–Crippen MR) is 45.5 cm³/mol. The summed E-state index contributed by atoms with van der Waals surface area (Å²) in [4.78, 5) is 15.7. The second kappa shape index (κ2) is 2.21. The van der Waals surface area contributed by atoms with E-state index >= 15 is 0 Å². The van der Waals surface area contributed by atoms with E-state index in [1.54, 1.807) is 0 Å². The third-order valence-corrected chi connectivity index (χ3v) is 2.75. The Morgan fingerprint density at radius 1 is 1.75 bits per heavy atom. The molecule has 2 aliphatic rings. The van der Waals surface area contributed by atoms with E-state index in [9.17, 15) is 4.79 Å². The van der Waals surface area contributed by atoms with Gasteiger partial charge < -0.3 is 5.73 Å². The molecule has 0 aromatic heterocycles.